The van der Waals surface area contributed by atoms with Crippen molar-refractivity contribution in [3.05, 3.63) is 36.1 Å². The third-order valence-corrected chi connectivity index (χ3v) is 3.11. The van der Waals surface area contributed by atoms with E-state index in [0.29, 0.717) is 0 Å². The predicted octanol–water partition coefficient (Wildman–Crippen LogP) is 3.89. The minimum Gasteiger partial charge on any atom is -0.497 e. The molecule has 0 bridgehead atoms. The first-order valence-electron chi connectivity index (χ1n) is 6.97. The van der Waals surface area contributed by atoms with Gasteiger partial charge < -0.3 is 14.8 Å². The van der Waals surface area contributed by atoms with Gasteiger partial charge in [0.25, 0.3) is 0 Å². The summed E-state index contributed by atoms with van der Waals surface area (Å²) in [5.74, 6) is 0.926. The maximum Gasteiger partial charge on any atom is 0.120 e. The summed E-state index contributed by atoms with van der Waals surface area (Å²) in [6, 6.07) is 6.16. The molecule has 1 aliphatic rings. The van der Waals surface area contributed by atoms with Gasteiger partial charge in [-0.1, -0.05) is 0 Å². The summed E-state index contributed by atoms with van der Waals surface area (Å²) in [4.78, 5) is 0. The van der Waals surface area contributed by atoms with Crippen molar-refractivity contribution in [3.8, 4) is 5.75 Å². The second-order valence-electron chi connectivity index (χ2n) is 5.23. The van der Waals surface area contributed by atoms with Gasteiger partial charge in [-0.2, -0.15) is 0 Å². The molecule has 104 valence electrons. The summed E-state index contributed by atoms with van der Waals surface area (Å²) in [7, 11) is 0. The highest BCUT2D eigenvalue weighted by Gasteiger charge is 2.11. The maximum absolute atomic E-state index is 5.68. The molecule has 1 atom stereocenters. The lowest BCUT2D eigenvalue weighted by molar-refractivity contribution is 0.135. The SMILES string of the molecule is Cc1cc(OC(C)C)ccc1NCC1CCC=CO1. The number of hydrogen-bond donors (Lipinski definition) is 1. The van der Waals surface area contributed by atoms with Crippen LogP contribution in [0.1, 0.15) is 32.3 Å². The van der Waals surface area contributed by atoms with Crippen LogP contribution in [0.15, 0.2) is 30.5 Å². The second kappa shape index (κ2) is 6.50. The average Bonchev–Trinajstić information content (AvgIpc) is 2.38. The van der Waals surface area contributed by atoms with Crippen molar-refractivity contribution in [1.29, 1.82) is 0 Å². The van der Waals surface area contributed by atoms with Crippen molar-refractivity contribution in [1.82, 2.24) is 0 Å². The first kappa shape index (κ1) is 13.8. The third-order valence-electron chi connectivity index (χ3n) is 3.11. The fourth-order valence-corrected chi connectivity index (χ4v) is 2.14. The average molecular weight is 261 g/mol. The maximum atomic E-state index is 5.68. The molecule has 3 heteroatoms. The quantitative estimate of drug-likeness (QED) is 0.872. The van der Waals surface area contributed by atoms with Crippen molar-refractivity contribution in [3.63, 3.8) is 0 Å². The lowest BCUT2D eigenvalue weighted by atomic mass is 10.1. The molecule has 0 aromatic heterocycles. The molecule has 1 aromatic rings. The number of allylic oxidation sites excluding steroid dienone is 1. The van der Waals surface area contributed by atoms with Crippen LogP contribution >= 0.6 is 0 Å². The molecule has 0 saturated heterocycles. The summed E-state index contributed by atoms with van der Waals surface area (Å²) < 4.78 is 11.2. The molecule has 1 unspecified atom stereocenters. The minimum atomic E-state index is 0.209. The molecule has 19 heavy (non-hydrogen) atoms. The van der Waals surface area contributed by atoms with Crippen LogP contribution in [0, 0.1) is 6.92 Å². The molecular formula is C16H23NO2. The van der Waals surface area contributed by atoms with Gasteiger partial charge in [0.2, 0.25) is 0 Å². The summed E-state index contributed by atoms with van der Waals surface area (Å²) >= 11 is 0. The molecule has 1 aromatic carbocycles. The van der Waals surface area contributed by atoms with E-state index in [4.69, 9.17) is 9.47 Å². The lowest BCUT2D eigenvalue weighted by Gasteiger charge is -2.21. The number of rotatable bonds is 5. The highest BCUT2D eigenvalue weighted by atomic mass is 16.5. The molecule has 0 fully saturated rings. The van der Waals surface area contributed by atoms with Crippen LogP contribution in [-0.2, 0) is 4.74 Å². The van der Waals surface area contributed by atoms with Crippen LogP contribution in [0.2, 0.25) is 0 Å². The van der Waals surface area contributed by atoms with E-state index in [-0.39, 0.29) is 12.2 Å². The van der Waals surface area contributed by atoms with Crippen molar-refractivity contribution in [2.45, 2.75) is 45.8 Å². The van der Waals surface area contributed by atoms with E-state index in [0.717, 1.165) is 30.8 Å². The van der Waals surface area contributed by atoms with Crippen LogP contribution < -0.4 is 10.1 Å². The fourth-order valence-electron chi connectivity index (χ4n) is 2.14. The van der Waals surface area contributed by atoms with Gasteiger partial charge in [-0.05, 0) is 63.5 Å². The lowest BCUT2D eigenvalue weighted by Crippen LogP contribution is -2.23. The van der Waals surface area contributed by atoms with Gasteiger partial charge >= 0.3 is 0 Å². The van der Waals surface area contributed by atoms with Gasteiger partial charge in [-0.15, -0.1) is 0 Å². The Labute approximate surface area is 115 Å². The predicted molar refractivity (Wildman–Crippen MR) is 78.7 cm³/mol. The molecule has 0 amide bonds. The van der Waals surface area contributed by atoms with E-state index in [2.05, 4.69) is 30.4 Å². The highest BCUT2D eigenvalue weighted by molar-refractivity contribution is 5.53. The molecule has 1 N–H and O–H groups in total. The van der Waals surface area contributed by atoms with Gasteiger partial charge in [0.1, 0.15) is 11.9 Å². The van der Waals surface area contributed by atoms with Crippen molar-refractivity contribution in [2.75, 3.05) is 11.9 Å². The molecule has 0 aliphatic carbocycles. The molecule has 2 rings (SSSR count). The van der Waals surface area contributed by atoms with Crippen LogP contribution in [0.3, 0.4) is 0 Å². The second-order valence-corrected chi connectivity index (χ2v) is 5.23. The zero-order chi connectivity index (χ0) is 13.7. The van der Waals surface area contributed by atoms with E-state index in [1.165, 1.54) is 5.56 Å². The first-order chi connectivity index (χ1) is 9.15. The number of ether oxygens (including phenoxy) is 2. The Bertz CT molecular complexity index is 440. The van der Waals surface area contributed by atoms with Crippen molar-refractivity contribution < 1.29 is 9.47 Å². The molecule has 0 saturated carbocycles. The smallest absolute Gasteiger partial charge is 0.120 e. The zero-order valence-corrected chi connectivity index (χ0v) is 12.0. The normalized spacial score (nSPS) is 18.2. The van der Waals surface area contributed by atoms with Gasteiger partial charge in [0.05, 0.1) is 18.9 Å². The van der Waals surface area contributed by atoms with Gasteiger partial charge in [-0.25, -0.2) is 0 Å². The number of anilines is 1. The molecule has 3 nitrogen and oxygen atoms in total. The molecule has 1 heterocycles. The highest BCUT2D eigenvalue weighted by Crippen LogP contribution is 2.22. The van der Waals surface area contributed by atoms with Gasteiger partial charge in [0, 0.05) is 5.69 Å². The third kappa shape index (κ3) is 4.19. The Morgan fingerprint density at radius 1 is 1.42 bits per heavy atom. The van der Waals surface area contributed by atoms with Crippen LogP contribution in [0.5, 0.6) is 5.75 Å². The monoisotopic (exact) mass is 261 g/mol. The molecule has 0 radical (unpaired) electrons. The summed E-state index contributed by atoms with van der Waals surface area (Å²) in [5.41, 5.74) is 2.35. The Kier molecular flexibility index (Phi) is 4.72. The Hall–Kier alpha value is -1.64. The number of benzene rings is 1. The standard InChI is InChI=1S/C16H23NO2/c1-12(2)19-14-7-8-16(13(3)10-14)17-11-15-6-4-5-9-18-15/h5,7-10,12,15,17H,4,6,11H2,1-3H3. The Morgan fingerprint density at radius 3 is 2.89 bits per heavy atom. The van der Waals surface area contributed by atoms with E-state index in [1.807, 2.05) is 26.2 Å². The largest absolute Gasteiger partial charge is 0.497 e. The van der Waals surface area contributed by atoms with Gasteiger partial charge in [0.15, 0.2) is 0 Å². The topological polar surface area (TPSA) is 30.5 Å². The number of nitrogens with one attached hydrogen (secondary N) is 1. The summed E-state index contributed by atoms with van der Waals surface area (Å²) in [5, 5.41) is 3.45. The number of hydrogen-bond acceptors (Lipinski definition) is 3. The fraction of sp³-hybridized carbons (Fsp3) is 0.500. The molecule has 1 aliphatic heterocycles. The summed E-state index contributed by atoms with van der Waals surface area (Å²) in [6.07, 6.45) is 6.54. The van der Waals surface area contributed by atoms with Crippen LogP contribution in [0.25, 0.3) is 0 Å². The molecule has 0 spiro atoms. The van der Waals surface area contributed by atoms with E-state index in [9.17, 15) is 0 Å². The van der Waals surface area contributed by atoms with Crippen LogP contribution in [-0.4, -0.2) is 18.8 Å². The van der Waals surface area contributed by atoms with Crippen molar-refractivity contribution in [2.24, 2.45) is 0 Å². The number of aryl methyl sites for hydroxylation is 1. The van der Waals surface area contributed by atoms with E-state index < -0.39 is 0 Å². The zero-order valence-electron chi connectivity index (χ0n) is 12.0. The first-order valence-corrected chi connectivity index (χ1v) is 6.97. The van der Waals surface area contributed by atoms with Gasteiger partial charge in [-0.3, -0.25) is 0 Å². The Morgan fingerprint density at radius 2 is 2.26 bits per heavy atom. The van der Waals surface area contributed by atoms with E-state index >= 15 is 0 Å². The van der Waals surface area contributed by atoms with E-state index in [1.54, 1.807) is 0 Å². The molecular weight excluding hydrogens is 238 g/mol. The Balaban J connectivity index is 1.91. The van der Waals surface area contributed by atoms with Crippen molar-refractivity contribution >= 4 is 5.69 Å². The van der Waals surface area contributed by atoms with Crippen LogP contribution in [0.4, 0.5) is 5.69 Å². The minimum absolute atomic E-state index is 0.209. The summed E-state index contributed by atoms with van der Waals surface area (Å²) in [6.45, 7) is 7.01.